The summed E-state index contributed by atoms with van der Waals surface area (Å²) >= 11 is 3.45. The summed E-state index contributed by atoms with van der Waals surface area (Å²) in [5.74, 6) is 0.971. The van der Waals surface area contributed by atoms with Gasteiger partial charge in [0, 0.05) is 16.6 Å². The van der Waals surface area contributed by atoms with E-state index in [4.69, 9.17) is 0 Å². The second-order valence-corrected chi connectivity index (χ2v) is 5.78. The first-order valence-electron chi connectivity index (χ1n) is 6.45. The van der Waals surface area contributed by atoms with E-state index in [2.05, 4.69) is 76.4 Å². The highest BCUT2D eigenvalue weighted by atomic mass is 79.9. The summed E-state index contributed by atoms with van der Waals surface area (Å²) in [5, 5.41) is 7.71. The summed E-state index contributed by atoms with van der Waals surface area (Å²) in [6, 6.07) is 8.98. The van der Waals surface area contributed by atoms with Gasteiger partial charge in [-0.05, 0) is 38.5 Å². The van der Waals surface area contributed by atoms with E-state index in [-0.39, 0.29) is 6.04 Å². The maximum Gasteiger partial charge on any atom is 0.141 e. The van der Waals surface area contributed by atoms with Crippen molar-refractivity contribution in [1.29, 1.82) is 0 Å². The highest BCUT2D eigenvalue weighted by Gasteiger charge is 2.10. The van der Waals surface area contributed by atoms with Gasteiger partial charge in [-0.3, -0.25) is 0 Å². The van der Waals surface area contributed by atoms with Crippen LogP contribution in [0.2, 0.25) is 0 Å². The van der Waals surface area contributed by atoms with Crippen LogP contribution in [0.1, 0.15) is 44.2 Å². The lowest BCUT2D eigenvalue weighted by Gasteiger charge is -2.15. The first-order chi connectivity index (χ1) is 9.08. The third-order valence-electron chi connectivity index (χ3n) is 3.07. The summed E-state index contributed by atoms with van der Waals surface area (Å²) in [6.45, 7) is 7.08. The molecule has 2 aromatic rings. The standard InChI is InChI=1S/C14H19BrN4/c1-10(2)19-14(17-9-18-19)8-16-11(3)12-4-6-13(15)7-5-12/h4-7,9-11,16H,8H2,1-3H3/t11-/m1/s1. The van der Waals surface area contributed by atoms with Crippen LogP contribution in [0.25, 0.3) is 0 Å². The van der Waals surface area contributed by atoms with Crippen molar-refractivity contribution in [3.8, 4) is 0 Å². The predicted octanol–water partition coefficient (Wildman–Crippen LogP) is 3.47. The molecule has 0 bridgehead atoms. The monoisotopic (exact) mass is 322 g/mol. The zero-order valence-corrected chi connectivity index (χ0v) is 13.1. The second kappa shape index (κ2) is 6.30. The molecule has 102 valence electrons. The largest absolute Gasteiger partial charge is 0.303 e. The van der Waals surface area contributed by atoms with Gasteiger partial charge < -0.3 is 5.32 Å². The van der Waals surface area contributed by atoms with Crippen molar-refractivity contribution >= 4 is 15.9 Å². The molecule has 0 amide bonds. The van der Waals surface area contributed by atoms with Gasteiger partial charge in [-0.15, -0.1) is 0 Å². The Morgan fingerprint density at radius 2 is 1.89 bits per heavy atom. The number of hydrogen-bond donors (Lipinski definition) is 1. The van der Waals surface area contributed by atoms with Gasteiger partial charge in [0.25, 0.3) is 0 Å². The Hall–Kier alpha value is -1.20. The third kappa shape index (κ3) is 3.64. The SMILES string of the molecule is CC(C)n1ncnc1CN[C@H](C)c1ccc(Br)cc1. The molecule has 1 aromatic heterocycles. The van der Waals surface area contributed by atoms with Crippen molar-refractivity contribution in [1.82, 2.24) is 20.1 Å². The maximum atomic E-state index is 4.30. The average Bonchev–Trinajstić information content (AvgIpc) is 2.85. The van der Waals surface area contributed by atoms with Gasteiger partial charge in [-0.2, -0.15) is 5.10 Å². The molecule has 19 heavy (non-hydrogen) atoms. The lowest BCUT2D eigenvalue weighted by molar-refractivity contribution is 0.473. The molecule has 4 nitrogen and oxygen atoms in total. The van der Waals surface area contributed by atoms with Gasteiger partial charge in [0.1, 0.15) is 12.2 Å². The van der Waals surface area contributed by atoms with Crippen molar-refractivity contribution < 1.29 is 0 Å². The van der Waals surface area contributed by atoms with Crippen molar-refractivity contribution in [3.05, 3.63) is 46.5 Å². The number of hydrogen-bond acceptors (Lipinski definition) is 3. The Morgan fingerprint density at radius 1 is 1.21 bits per heavy atom. The van der Waals surface area contributed by atoms with Crippen LogP contribution in [0, 0.1) is 0 Å². The number of nitrogens with one attached hydrogen (secondary N) is 1. The zero-order valence-electron chi connectivity index (χ0n) is 11.5. The number of aromatic nitrogens is 3. The Bertz CT molecular complexity index is 518. The summed E-state index contributed by atoms with van der Waals surface area (Å²) < 4.78 is 3.05. The Labute approximate surface area is 122 Å². The van der Waals surface area contributed by atoms with E-state index in [0.717, 1.165) is 16.8 Å². The average molecular weight is 323 g/mol. The molecule has 0 saturated heterocycles. The minimum Gasteiger partial charge on any atom is -0.303 e. The lowest BCUT2D eigenvalue weighted by atomic mass is 10.1. The molecule has 0 aliphatic rings. The number of nitrogens with zero attached hydrogens (tertiary/aromatic N) is 3. The highest BCUT2D eigenvalue weighted by molar-refractivity contribution is 9.10. The van der Waals surface area contributed by atoms with Crippen molar-refractivity contribution in [2.45, 2.75) is 39.4 Å². The normalized spacial score (nSPS) is 12.9. The van der Waals surface area contributed by atoms with Crippen LogP contribution >= 0.6 is 15.9 Å². The smallest absolute Gasteiger partial charge is 0.141 e. The zero-order chi connectivity index (χ0) is 13.8. The Morgan fingerprint density at radius 3 is 2.53 bits per heavy atom. The molecule has 1 atom stereocenters. The molecule has 5 heteroatoms. The van der Waals surface area contributed by atoms with Crippen LogP contribution in [0.4, 0.5) is 0 Å². The van der Waals surface area contributed by atoms with E-state index >= 15 is 0 Å². The molecule has 2 rings (SSSR count). The lowest BCUT2D eigenvalue weighted by Crippen LogP contribution is -2.21. The van der Waals surface area contributed by atoms with E-state index in [1.807, 2.05) is 4.68 Å². The molecule has 1 aromatic carbocycles. The summed E-state index contributed by atoms with van der Waals surface area (Å²) in [6.07, 6.45) is 1.61. The van der Waals surface area contributed by atoms with Crippen LogP contribution in [0.3, 0.4) is 0 Å². The first kappa shape index (κ1) is 14.2. The van der Waals surface area contributed by atoms with Crippen LogP contribution in [0.5, 0.6) is 0 Å². The minimum atomic E-state index is 0.283. The van der Waals surface area contributed by atoms with E-state index in [1.54, 1.807) is 6.33 Å². The highest BCUT2D eigenvalue weighted by Crippen LogP contribution is 2.17. The molecular weight excluding hydrogens is 304 g/mol. The maximum absolute atomic E-state index is 4.30. The molecule has 0 spiro atoms. The van der Waals surface area contributed by atoms with Crippen molar-refractivity contribution in [2.75, 3.05) is 0 Å². The van der Waals surface area contributed by atoms with E-state index in [9.17, 15) is 0 Å². The topological polar surface area (TPSA) is 42.7 Å². The minimum absolute atomic E-state index is 0.283. The van der Waals surface area contributed by atoms with Gasteiger partial charge in [0.15, 0.2) is 0 Å². The van der Waals surface area contributed by atoms with Crippen LogP contribution < -0.4 is 5.32 Å². The van der Waals surface area contributed by atoms with Gasteiger partial charge in [-0.1, -0.05) is 28.1 Å². The van der Waals surface area contributed by atoms with Crippen LogP contribution in [-0.2, 0) is 6.54 Å². The fraction of sp³-hybridized carbons (Fsp3) is 0.429. The van der Waals surface area contributed by atoms with Crippen molar-refractivity contribution in [3.63, 3.8) is 0 Å². The molecule has 0 radical (unpaired) electrons. The van der Waals surface area contributed by atoms with Crippen LogP contribution in [0.15, 0.2) is 35.1 Å². The summed E-state index contributed by atoms with van der Waals surface area (Å²) in [5.41, 5.74) is 1.26. The molecule has 0 aliphatic heterocycles. The van der Waals surface area contributed by atoms with Gasteiger partial charge in [-0.25, -0.2) is 9.67 Å². The van der Waals surface area contributed by atoms with E-state index in [1.165, 1.54) is 5.56 Å². The molecular formula is C14H19BrN4. The van der Waals surface area contributed by atoms with Crippen molar-refractivity contribution in [2.24, 2.45) is 0 Å². The summed E-state index contributed by atoms with van der Waals surface area (Å²) in [4.78, 5) is 4.30. The fourth-order valence-corrected chi connectivity index (χ4v) is 2.21. The molecule has 0 aliphatic carbocycles. The molecule has 0 unspecified atom stereocenters. The van der Waals surface area contributed by atoms with Gasteiger partial charge in [0.2, 0.25) is 0 Å². The molecule has 1 heterocycles. The Kier molecular flexibility index (Phi) is 4.71. The Balaban J connectivity index is 1.98. The summed E-state index contributed by atoms with van der Waals surface area (Å²) in [7, 11) is 0. The first-order valence-corrected chi connectivity index (χ1v) is 7.24. The quantitative estimate of drug-likeness (QED) is 0.916. The van der Waals surface area contributed by atoms with Gasteiger partial charge in [0.05, 0.1) is 6.54 Å². The van der Waals surface area contributed by atoms with Crippen LogP contribution in [-0.4, -0.2) is 14.8 Å². The van der Waals surface area contributed by atoms with E-state index in [0.29, 0.717) is 6.04 Å². The fourth-order valence-electron chi connectivity index (χ4n) is 1.95. The predicted molar refractivity (Wildman–Crippen MR) is 79.8 cm³/mol. The van der Waals surface area contributed by atoms with Gasteiger partial charge >= 0.3 is 0 Å². The number of rotatable bonds is 5. The third-order valence-corrected chi connectivity index (χ3v) is 3.60. The molecule has 0 fully saturated rings. The van der Waals surface area contributed by atoms with E-state index < -0.39 is 0 Å². The molecule has 0 saturated carbocycles. The second-order valence-electron chi connectivity index (χ2n) is 4.87. The number of benzene rings is 1. The number of halogens is 1. The molecule has 1 N–H and O–H groups in total.